The summed E-state index contributed by atoms with van der Waals surface area (Å²) in [6, 6.07) is 9.23. The highest BCUT2D eigenvalue weighted by atomic mass is 19.4. The Bertz CT molecular complexity index is 833. The molecular formula is C19H19F3N2O3. The van der Waals surface area contributed by atoms with Crippen LogP contribution in [0.3, 0.4) is 0 Å². The maximum absolute atomic E-state index is 12.5. The van der Waals surface area contributed by atoms with Gasteiger partial charge in [0, 0.05) is 12.2 Å². The number of alkyl halides is 3. The van der Waals surface area contributed by atoms with E-state index in [0.717, 1.165) is 35.4 Å². The predicted molar refractivity (Wildman–Crippen MR) is 94.0 cm³/mol. The molecule has 0 spiro atoms. The van der Waals surface area contributed by atoms with Crippen molar-refractivity contribution in [2.45, 2.75) is 26.1 Å². The fourth-order valence-corrected chi connectivity index (χ4v) is 2.41. The van der Waals surface area contributed by atoms with Crippen LogP contribution in [0.1, 0.15) is 28.4 Å². The topological polar surface area (TPSA) is 78.4 Å². The van der Waals surface area contributed by atoms with E-state index in [1.54, 1.807) is 19.1 Å². The molecular weight excluding hydrogens is 361 g/mol. The van der Waals surface area contributed by atoms with Crippen LogP contribution in [-0.2, 0) is 15.8 Å². The second-order valence-corrected chi connectivity index (χ2v) is 6.12. The minimum atomic E-state index is -4.47. The lowest BCUT2D eigenvalue weighted by Gasteiger charge is -2.14. The van der Waals surface area contributed by atoms with Crippen LogP contribution in [0.2, 0.25) is 0 Å². The number of hydrogen-bond donors (Lipinski definition) is 3. The Balaban J connectivity index is 1.91. The van der Waals surface area contributed by atoms with Crippen molar-refractivity contribution < 1.29 is 27.9 Å². The quantitative estimate of drug-likeness (QED) is 0.714. The zero-order chi connectivity index (χ0) is 20.2. The van der Waals surface area contributed by atoms with E-state index < -0.39 is 29.7 Å². The summed E-state index contributed by atoms with van der Waals surface area (Å²) in [5.74, 6) is -1.86. The first-order valence-corrected chi connectivity index (χ1v) is 8.09. The van der Waals surface area contributed by atoms with Gasteiger partial charge >= 0.3 is 18.0 Å². The van der Waals surface area contributed by atoms with Crippen molar-refractivity contribution in [2.24, 2.45) is 0 Å². The van der Waals surface area contributed by atoms with Crippen molar-refractivity contribution in [3.63, 3.8) is 0 Å². The predicted octanol–water partition coefficient (Wildman–Crippen LogP) is 3.11. The number of benzene rings is 2. The molecule has 0 heterocycles. The molecule has 0 saturated heterocycles. The lowest BCUT2D eigenvalue weighted by Crippen LogP contribution is -2.37. The first-order valence-electron chi connectivity index (χ1n) is 8.09. The Morgan fingerprint density at radius 2 is 1.67 bits per heavy atom. The third kappa shape index (κ3) is 5.55. The van der Waals surface area contributed by atoms with Gasteiger partial charge in [0.15, 0.2) is 0 Å². The zero-order valence-corrected chi connectivity index (χ0v) is 14.7. The molecule has 5 nitrogen and oxygen atoms in total. The molecule has 0 aromatic heterocycles. The van der Waals surface area contributed by atoms with Crippen molar-refractivity contribution in [3.8, 4) is 0 Å². The van der Waals surface area contributed by atoms with Crippen LogP contribution in [-0.4, -0.2) is 23.5 Å². The monoisotopic (exact) mass is 380 g/mol. The molecule has 0 aliphatic carbocycles. The van der Waals surface area contributed by atoms with Gasteiger partial charge in [-0.05, 0) is 43.2 Å². The zero-order valence-electron chi connectivity index (χ0n) is 14.7. The van der Waals surface area contributed by atoms with Crippen LogP contribution in [0, 0.1) is 13.8 Å². The van der Waals surface area contributed by atoms with Gasteiger partial charge in [0.25, 0.3) is 0 Å². The second kappa shape index (κ2) is 8.22. The number of aryl methyl sites for hydroxylation is 2. The lowest BCUT2D eigenvalue weighted by molar-refractivity contribution is -0.137. The number of nitrogens with one attached hydrogen (secondary N) is 2. The fraction of sp³-hybridized carbons (Fsp3) is 0.263. The molecule has 1 atom stereocenters. The maximum atomic E-state index is 12.5. The highest BCUT2D eigenvalue weighted by molar-refractivity contribution is 6.39. The van der Waals surface area contributed by atoms with E-state index >= 15 is 0 Å². The summed E-state index contributed by atoms with van der Waals surface area (Å²) in [5, 5.41) is 14.7. The SMILES string of the molecule is Cc1ccc(NC(=O)C(=O)NCC(O)c2ccc(C(F)(F)F)cc2)c(C)c1. The molecule has 2 aromatic rings. The Morgan fingerprint density at radius 1 is 1.04 bits per heavy atom. The standard InChI is InChI=1S/C19H19F3N2O3/c1-11-3-8-15(12(2)9-11)24-18(27)17(26)23-10-16(25)13-4-6-14(7-5-13)19(20,21)22/h3-9,16,25H,10H2,1-2H3,(H,23,26)(H,24,27). The minimum Gasteiger partial charge on any atom is -0.387 e. The van der Waals surface area contributed by atoms with E-state index in [2.05, 4.69) is 10.6 Å². The fourth-order valence-electron chi connectivity index (χ4n) is 2.41. The smallest absolute Gasteiger partial charge is 0.387 e. The molecule has 0 aliphatic rings. The molecule has 0 bridgehead atoms. The number of hydrogen-bond acceptors (Lipinski definition) is 3. The normalized spacial score (nSPS) is 12.4. The molecule has 0 saturated carbocycles. The van der Waals surface area contributed by atoms with E-state index in [9.17, 15) is 27.9 Å². The van der Waals surface area contributed by atoms with Crippen LogP contribution < -0.4 is 10.6 Å². The molecule has 0 aliphatic heterocycles. The van der Waals surface area contributed by atoms with Crippen LogP contribution in [0.25, 0.3) is 0 Å². The third-order valence-electron chi connectivity index (χ3n) is 3.92. The summed E-state index contributed by atoms with van der Waals surface area (Å²) < 4.78 is 37.6. The van der Waals surface area contributed by atoms with Crippen LogP contribution >= 0.6 is 0 Å². The van der Waals surface area contributed by atoms with Crippen LogP contribution in [0.5, 0.6) is 0 Å². The molecule has 0 radical (unpaired) electrons. The number of rotatable bonds is 4. The number of aliphatic hydroxyl groups excluding tert-OH is 1. The average Bonchev–Trinajstić information content (AvgIpc) is 2.61. The van der Waals surface area contributed by atoms with Gasteiger partial charge < -0.3 is 15.7 Å². The summed E-state index contributed by atoms with van der Waals surface area (Å²) in [6.07, 6.45) is -5.71. The number of halogens is 3. The van der Waals surface area contributed by atoms with Gasteiger partial charge in [0.05, 0.1) is 11.7 Å². The molecule has 2 rings (SSSR count). The summed E-state index contributed by atoms with van der Waals surface area (Å²) in [4.78, 5) is 23.8. The van der Waals surface area contributed by atoms with Gasteiger partial charge in [-0.25, -0.2) is 0 Å². The van der Waals surface area contributed by atoms with Gasteiger partial charge in [-0.15, -0.1) is 0 Å². The van der Waals surface area contributed by atoms with Gasteiger partial charge in [-0.3, -0.25) is 9.59 Å². The Hall–Kier alpha value is -2.87. The van der Waals surface area contributed by atoms with Crippen molar-refractivity contribution in [2.75, 3.05) is 11.9 Å². The third-order valence-corrected chi connectivity index (χ3v) is 3.92. The largest absolute Gasteiger partial charge is 0.416 e. The summed E-state index contributed by atoms with van der Waals surface area (Å²) >= 11 is 0. The van der Waals surface area contributed by atoms with Gasteiger partial charge in [-0.1, -0.05) is 29.8 Å². The van der Waals surface area contributed by atoms with Gasteiger partial charge in [0.1, 0.15) is 0 Å². The van der Waals surface area contributed by atoms with Crippen molar-refractivity contribution in [1.82, 2.24) is 5.32 Å². The Kier molecular flexibility index (Phi) is 6.22. The molecule has 27 heavy (non-hydrogen) atoms. The van der Waals surface area contributed by atoms with E-state index in [4.69, 9.17) is 0 Å². The number of carbonyl (C=O) groups excluding carboxylic acids is 2. The average molecular weight is 380 g/mol. The molecule has 2 amide bonds. The highest BCUT2D eigenvalue weighted by Gasteiger charge is 2.30. The summed E-state index contributed by atoms with van der Waals surface area (Å²) in [5.41, 5.74) is 1.65. The second-order valence-electron chi connectivity index (χ2n) is 6.12. The van der Waals surface area contributed by atoms with Crippen molar-refractivity contribution in [3.05, 3.63) is 64.7 Å². The summed E-state index contributed by atoms with van der Waals surface area (Å²) in [7, 11) is 0. The molecule has 1 unspecified atom stereocenters. The van der Waals surface area contributed by atoms with Gasteiger partial charge in [0.2, 0.25) is 0 Å². The number of carbonyl (C=O) groups is 2. The summed E-state index contributed by atoms with van der Waals surface area (Å²) in [6.45, 7) is 3.37. The van der Waals surface area contributed by atoms with Crippen molar-refractivity contribution >= 4 is 17.5 Å². The number of anilines is 1. The number of amides is 2. The Labute approximate surface area is 154 Å². The van der Waals surface area contributed by atoms with E-state index in [0.29, 0.717) is 5.69 Å². The maximum Gasteiger partial charge on any atom is 0.416 e. The van der Waals surface area contributed by atoms with Crippen LogP contribution in [0.15, 0.2) is 42.5 Å². The molecule has 0 fully saturated rings. The minimum absolute atomic E-state index is 0.193. The first-order chi connectivity index (χ1) is 12.6. The van der Waals surface area contributed by atoms with E-state index in [1.165, 1.54) is 0 Å². The Morgan fingerprint density at radius 3 is 2.22 bits per heavy atom. The molecule has 2 aromatic carbocycles. The highest BCUT2D eigenvalue weighted by Crippen LogP contribution is 2.29. The van der Waals surface area contributed by atoms with E-state index in [-0.39, 0.29) is 12.1 Å². The molecule has 8 heteroatoms. The van der Waals surface area contributed by atoms with Crippen molar-refractivity contribution in [1.29, 1.82) is 0 Å². The van der Waals surface area contributed by atoms with Gasteiger partial charge in [-0.2, -0.15) is 13.2 Å². The van der Waals surface area contributed by atoms with Crippen LogP contribution in [0.4, 0.5) is 18.9 Å². The lowest BCUT2D eigenvalue weighted by atomic mass is 10.1. The first kappa shape index (κ1) is 20.4. The molecule has 3 N–H and O–H groups in total. The molecule has 144 valence electrons. The number of aliphatic hydroxyl groups is 1. The van der Waals surface area contributed by atoms with E-state index in [1.807, 2.05) is 13.0 Å².